The van der Waals surface area contributed by atoms with Gasteiger partial charge < -0.3 is 19.5 Å². The van der Waals surface area contributed by atoms with Gasteiger partial charge in [-0.1, -0.05) is 12.1 Å². The van der Waals surface area contributed by atoms with Gasteiger partial charge in [-0.25, -0.2) is 0 Å². The Kier molecular flexibility index (Phi) is 6.86. The number of hydrogen-bond donors (Lipinski definition) is 1. The third-order valence-electron chi connectivity index (χ3n) is 4.65. The molecule has 5 heteroatoms. The molecule has 0 spiro atoms. The highest BCUT2D eigenvalue weighted by Crippen LogP contribution is 2.34. The maximum Gasteiger partial charge on any atom is 0.323 e. The Labute approximate surface area is 161 Å². The molecular formula is C22H29NO4. The first-order valence-corrected chi connectivity index (χ1v) is 8.99. The largest absolute Gasteiger partial charge is 0.496 e. The molecule has 0 aliphatic heterocycles. The molecule has 0 heterocycles. The first-order valence-electron chi connectivity index (χ1n) is 8.99. The van der Waals surface area contributed by atoms with E-state index in [1.165, 1.54) is 7.11 Å². The summed E-state index contributed by atoms with van der Waals surface area (Å²) in [5, 5.41) is 3.00. The Balaban J connectivity index is 2.28. The number of carbonyl (C=O) groups excluding carboxylic acids is 1. The van der Waals surface area contributed by atoms with Crippen LogP contribution in [0.15, 0.2) is 24.3 Å². The van der Waals surface area contributed by atoms with Crippen molar-refractivity contribution in [3.63, 3.8) is 0 Å². The average molecular weight is 371 g/mol. The summed E-state index contributed by atoms with van der Waals surface area (Å²) in [7, 11) is 4.84. The highest BCUT2D eigenvalue weighted by Gasteiger charge is 2.19. The third-order valence-corrected chi connectivity index (χ3v) is 4.65. The number of likely N-dealkylation sites (N-methyl/N-ethyl adjacent to an activating group) is 1. The zero-order valence-electron chi connectivity index (χ0n) is 17.2. The Morgan fingerprint density at radius 2 is 1.44 bits per heavy atom. The number of benzene rings is 2. The Hall–Kier alpha value is -2.53. The van der Waals surface area contributed by atoms with Crippen LogP contribution in [0.2, 0.25) is 0 Å². The maximum absolute atomic E-state index is 11.8. The number of rotatable bonds is 7. The van der Waals surface area contributed by atoms with E-state index in [0.29, 0.717) is 6.42 Å². The lowest BCUT2D eigenvalue weighted by molar-refractivity contribution is -0.142. The van der Waals surface area contributed by atoms with E-state index in [1.54, 1.807) is 14.2 Å². The van der Waals surface area contributed by atoms with E-state index in [9.17, 15) is 4.79 Å². The Morgan fingerprint density at radius 3 is 1.89 bits per heavy atom. The van der Waals surface area contributed by atoms with Crippen molar-refractivity contribution in [3.05, 3.63) is 52.1 Å². The summed E-state index contributed by atoms with van der Waals surface area (Å²) in [6.45, 7) is 8.04. The smallest absolute Gasteiger partial charge is 0.323 e. The predicted octanol–water partition coefficient (Wildman–Crippen LogP) is 4.02. The van der Waals surface area contributed by atoms with Crippen molar-refractivity contribution in [2.75, 3.05) is 21.3 Å². The molecule has 1 atom stereocenters. The van der Waals surface area contributed by atoms with Crippen molar-refractivity contribution >= 4 is 5.97 Å². The van der Waals surface area contributed by atoms with Crippen molar-refractivity contribution in [2.45, 2.75) is 40.2 Å². The van der Waals surface area contributed by atoms with E-state index in [0.717, 1.165) is 45.1 Å². The van der Waals surface area contributed by atoms with Gasteiger partial charge in [-0.05, 0) is 81.1 Å². The van der Waals surface area contributed by atoms with Crippen molar-refractivity contribution in [3.8, 4) is 17.2 Å². The molecule has 5 nitrogen and oxygen atoms in total. The molecule has 1 unspecified atom stereocenters. The quantitative estimate of drug-likeness (QED) is 0.745. The number of carbonyl (C=O) groups is 1. The monoisotopic (exact) mass is 371 g/mol. The highest BCUT2D eigenvalue weighted by atomic mass is 16.5. The minimum Gasteiger partial charge on any atom is -0.496 e. The summed E-state index contributed by atoms with van der Waals surface area (Å²) in [6.07, 6.45) is 0.561. The normalized spacial score (nSPS) is 11.8. The summed E-state index contributed by atoms with van der Waals surface area (Å²) in [4.78, 5) is 11.8. The molecule has 0 fully saturated rings. The van der Waals surface area contributed by atoms with E-state index >= 15 is 0 Å². The molecule has 0 saturated carbocycles. The minimum atomic E-state index is -0.368. The maximum atomic E-state index is 11.8. The van der Waals surface area contributed by atoms with Gasteiger partial charge in [-0.3, -0.25) is 4.79 Å². The zero-order valence-corrected chi connectivity index (χ0v) is 17.2. The van der Waals surface area contributed by atoms with Gasteiger partial charge in [0.25, 0.3) is 0 Å². The first kappa shape index (κ1) is 20.8. The lowest BCUT2D eigenvalue weighted by atomic mass is 10.00. The second-order valence-corrected chi connectivity index (χ2v) is 6.82. The zero-order chi connectivity index (χ0) is 20.1. The van der Waals surface area contributed by atoms with Crippen LogP contribution in [0.4, 0.5) is 0 Å². The van der Waals surface area contributed by atoms with Crippen molar-refractivity contribution in [2.24, 2.45) is 0 Å². The lowest BCUT2D eigenvalue weighted by Crippen LogP contribution is -2.36. The molecule has 2 aromatic rings. The number of hydrogen-bond acceptors (Lipinski definition) is 5. The Bertz CT molecular complexity index is 783. The number of esters is 1. The molecule has 0 radical (unpaired) electrons. The molecule has 2 rings (SSSR count). The van der Waals surface area contributed by atoms with Crippen LogP contribution in [0.1, 0.15) is 27.8 Å². The first-order chi connectivity index (χ1) is 12.8. The summed E-state index contributed by atoms with van der Waals surface area (Å²) < 4.78 is 16.5. The van der Waals surface area contributed by atoms with Crippen LogP contribution in [0.5, 0.6) is 17.2 Å². The summed E-state index contributed by atoms with van der Waals surface area (Å²) in [6, 6.07) is 7.70. The number of nitrogens with one attached hydrogen (secondary N) is 1. The van der Waals surface area contributed by atoms with Gasteiger partial charge in [0.15, 0.2) is 0 Å². The van der Waals surface area contributed by atoms with Crippen LogP contribution in [0.3, 0.4) is 0 Å². The van der Waals surface area contributed by atoms with Crippen molar-refractivity contribution in [1.29, 1.82) is 0 Å². The number of methoxy groups -OCH3 is 2. The molecule has 0 aliphatic rings. The standard InChI is InChI=1S/C22H29NO4/c1-13-8-17(12-19(23-5)22(24)26-7)9-14(2)21(13)27-18-10-15(3)20(25-6)16(4)11-18/h8-11,19,23H,12H2,1-7H3. The van der Waals surface area contributed by atoms with E-state index in [4.69, 9.17) is 14.2 Å². The molecule has 146 valence electrons. The number of aryl methyl sites for hydroxylation is 4. The molecule has 2 aromatic carbocycles. The molecule has 0 amide bonds. The van der Waals surface area contributed by atoms with Gasteiger partial charge in [0.1, 0.15) is 23.3 Å². The van der Waals surface area contributed by atoms with Gasteiger partial charge in [-0.15, -0.1) is 0 Å². The topological polar surface area (TPSA) is 56.8 Å². The molecular weight excluding hydrogens is 342 g/mol. The van der Waals surface area contributed by atoms with Crippen LogP contribution in [0.25, 0.3) is 0 Å². The van der Waals surface area contributed by atoms with Crippen LogP contribution < -0.4 is 14.8 Å². The summed E-state index contributed by atoms with van der Waals surface area (Å²) >= 11 is 0. The third kappa shape index (κ3) is 4.80. The second kappa shape index (κ2) is 8.91. The molecule has 0 aromatic heterocycles. The number of ether oxygens (including phenoxy) is 3. The molecule has 0 saturated heterocycles. The van der Waals surface area contributed by atoms with Crippen LogP contribution in [-0.2, 0) is 16.0 Å². The summed E-state index contributed by atoms with van der Waals surface area (Å²) in [5.74, 6) is 2.23. The van der Waals surface area contributed by atoms with Gasteiger partial charge in [0.2, 0.25) is 0 Å². The van der Waals surface area contributed by atoms with Gasteiger partial charge in [0.05, 0.1) is 14.2 Å². The average Bonchev–Trinajstić information content (AvgIpc) is 2.62. The fraction of sp³-hybridized carbons (Fsp3) is 0.409. The lowest BCUT2D eigenvalue weighted by Gasteiger charge is -2.18. The van der Waals surface area contributed by atoms with Gasteiger partial charge in [-0.2, -0.15) is 0 Å². The van der Waals surface area contributed by atoms with Gasteiger partial charge >= 0.3 is 5.97 Å². The van der Waals surface area contributed by atoms with Gasteiger partial charge in [0, 0.05) is 0 Å². The van der Waals surface area contributed by atoms with Crippen molar-refractivity contribution in [1.82, 2.24) is 5.32 Å². The van der Waals surface area contributed by atoms with Crippen LogP contribution in [-0.4, -0.2) is 33.3 Å². The second-order valence-electron chi connectivity index (χ2n) is 6.82. The van der Waals surface area contributed by atoms with E-state index in [2.05, 4.69) is 17.4 Å². The predicted molar refractivity (Wildman–Crippen MR) is 107 cm³/mol. The van der Waals surface area contributed by atoms with E-state index in [1.807, 2.05) is 39.8 Å². The minimum absolute atomic E-state index is 0.266. The molecule has 27 heavy (non-hydrogen) atoms. The van der Waals surface area contributed by atoms with Crippen LogP contribution in [0, 0.1) is 27.7 Å². The Morgan fingerprint density at radius 1 is 0.926 bits per heavy atom. The fourth-order valence-electron chi connectivity index (χ4n) is 3.41. The highest BCUT2D eigenvalue weighted by molar-refractivity contribution is 5.76. The molecule has 1 N–H and O–H groups in total. The van der Waals surface area contributed by atoms with E-state index in [-0.39, 0.29) is 12.0 Å². The molecule has 0 bridgehead atoms. The van der Waals surface area contributed by atoms with E-state index < -0.39 is 0 Å². The van der Waals surface area contributed by atoms with Crippen LogP contribution >= 0.6 is 0 Å². The van der Waals surface area contributed by atoms with Crippen molar-refractivity contribution < 1.29 is 19.0 Å². The summed E-state index contributed by atoms with van der Waals surface area (Å²) in [5.41, 5.74) is 5.18. The SMILES string of the molecule is CNC(Cc1cc(C)c(Oc2cc(C)c(OC)c(C)c2)c(C)c1)C(=O)OC. The fourth-order valence-corrected chi connectivity index (χ4v) is 3.41. The molecule has 0 aliphatic carbocycles.